The van der Waals surface area contributed by atoms with E-state index in [0.29, 0.717) is 22.2 Å². The Balaban J connectivity index is 2.04. The summed E-state index contributed by atoms with van der Waals surface area (Å²) in [7, 11) is 0. The van der Waals surface area contributed by atoms with E-state index in [1.807, 2.05) is 0 Å². The minimum absolute atomic E-state index is 0.0201. The van der Waals surface area contributed by atoms with E-state index in [9.17, 15) is 18.0 Å². The molecule has 1 aromatic carbocycles. The molecule has 1 aromatic heterocycles. The fourth-order valence-corrected chi connectivity index (χ4v) is 2.72. The second kappa shape index (κ2) is 6.95. The van der Waals surface area contributed by atoms with Crippen molar-refractivity contribution in [1.29, 1.82) is 0 Å². The maximum atomic E-state index is 12.4. The number of halogens is 4. The number of alkyl halides is 3. The first kappa shape index (κ1) is 17.8. The molecule has 0 spiro atoms. The number of benzene rings is 1. The number of carbonyl (C=O) groups excluding carboxylic acids is 1. The number of H-pyrrole nitrogens is 1. The molecule has 0 aliphatic carbocycles. The van der Waals surface area contributed by atoms with Crippen molar-refractivity contribution in [2.75, 3.05) is 6.61 Å². The first-order valence-corrected chi connectivity index (χ1v) is 8.00. The molecule has 0 radical (unpaired) electrons. The van der Waals surface area contributed by atoms with Crippen LogP contribution in [0.15, 0.2) is 22.8 Å². The molecule has 2 rings (SSSR count). The number of nitrogens with one attached hydrogen (secondary N) is 1. The Morgan fingerprint density at radius 2 is 2.09 bits per heavy atom. The van der Waals surface area contributed by atoms with Gasteiger partial charge in [0.2, 0.25) is 0 Å². The van der Waals surface area contributed by atoms with Crippen molar-refractivity contribution >= 4 is 32.6 Å². The predicted octanol–water partition coefficient (Wildman–Crippen LogP) is 5.49. The third kappa shape index (κ3) is 4.28. The largest absolute Gasteiger partial charge is 0.492 e. The normalized spacial score (nSPS) is 13.3. The molecule has 0 bridgehead atoms. The van der Waals surface area contributed by atoms with Crippen molar-refractivity contribution < 1.29 is 22.7 Å². The van der Waals surface area contributed by atoms with E-state index < -0.39 is 12.1 Å². The molecule has 7 heteroatoms. The van der Waals surface area contributed by atoms with Crippen LogP contribution >= 0.6 is 15.9 Å². The number of rotatable bonds is 6. The summed E-state index contributed by atoms with van der Waals surface area (Å²) in [4.78, 5) is 14.6. The number of hydrogen-bond donors (Lipinski definition) is 1. The zero-order chi connectivity index (χ0) is 17.2. The molecule has 0 saturated heterocycles. The van der Waals surface area contributed by atoms with Crippen molar-refractivity contribution in [3.8, 4) is 5.75 Å². The van der Waals surface area contributed by atoms with Gasteiger partial charge in [-0.25, -0.2) is 0 Å². The number of aromatic nitrogens is 1. The standard InChI is InChI=1S/C16H17BrF3NO2/c1-9(16(18,19)20)4-3-5-23-15-6-11-12(10(2)22)8-21-14(11)7-13(15)17/h6-9,21H,3-5H2,1-2H3. The van der Waals surface area contributed by atoms with Crippen LogP contribution in [0, 0.1) is 5.92 Å². The molecule has 1 unspecified atom stereocenters. The van der Waals surface area contributed by atoms with E-state index in [2.05, 4.69) is 20.9 Å². The molecule has 0 aliphatic heterocycles. The Kier molecular flexibility index (Phi) is 5.39. The summed E-state index contributed by atoms with van der Waals surface area (Å²) in [5.74, 6) is -0.895. The number of hydrogen-bond acceptors (Lipinski definition) is 2. The maximum absolute atomic E-state index is 12.4. The highest BCUT2D eigenvalue weighted by molar-refractivity contribution is 9.10. The van der Waals surface area contributed by atoms with Crippen LogP contribution in [-0.2, 0) is 0 Å². The first-order chi connectivity index (χ1) is 10.7. The topological polar surface area (TPSA) is 42.1 Å². The summed E-state index contributed by atoms with van der Waals surface area (Å²) < 4.78 is 43.6. The molecule has 0 saturated carbocycles. The summed E-state index contributed by atoms with van der Waals surface area (Å²) in [6.07, 6.45) is -2.21. The molecule has 0 fully saturated rings. The Hall–Kier alpha value is -1.50. The highest BCUT2D eigenvalue weighted by Gasteiger charge is 2.35. The summed E-state index contributed by atoms with van der Waals surface area (Å²) >= 11 is 3.37. The van der Waals surface area contributed by atoms with Gasteiger partial charge in [0, 0.05) is 22.7 Å². The van der Waals surface area contributed by atoms with Crippen LogP contribution in [0.25, 0.3) is 10.9 Å². The molecule has 126 valence electrons. The third-order valence-corrected chi connectivity index (χ3v) is 4.33. The lowest BCUT2D eigenvalue weighted by atomic mass is 10.1. The van der Waals surface area contributed by atoms with Crippen molar-refractivity contribution in [3.05, 3.63) is 28.4 Å². The van der Waals surface area contributed by atoms with Crippen molar-refractivity contribution in [3.63, 3.8) is 0 Å². The molecular weight excluding hydrogens is 375 g/mol. The van der Waals surface area contributed by atoms with Gasteiger partial charge in [0.05, 0.1) is 17.0 Å². The number of carbonyl (C=O) groups is 1. The second-order valence-corrected chi connectivity index (χ2v) is 6.37. The number of fused-ring (bicyclic) bond motifs is 1. The third-order valence-electron chi connectivity index (χ3n) is 3.71. The van der Waals surface area contributed by atoms with E-state index in [0.717, 1.165) is 10.9 Å². The van der Waals surface area contributed by atoms with Gasteiger partial charge in [0.15, 0.2) is 5.78 Å². The van der Waals surface area contributed by atoms with Gasteiger partial charge in [0.1, 0.15) is 5.75 Å². The summed E-state index contributed by atoms with van der Waals surface area (Å²) in [6, 6.07) is 3.51. The summed E-state index contributed by atoms with van der Waals surface area (Å²) in [5, 5.41) is 0.736. The molecule has 2 aromatic rings. The van der Waals surface area contributed by atoms with Crippen LogP contribution in [0.1, 0.15) is 37.0 Å². The van der Waals surface area contributed by atoms with Gasteiger partial charge in [-0.1, -0.05) is 6.92 Å². The minimum Gasteiger partial charge on any atom is -0.492 e. The monoisotopic (exact) mass is 391 g/mol. The number of ether oxygens (including phenoxy) is 1. The van der Waals surface area contributed by atoms with Crippen molar-refractivity contribution in [2.24, 2.45) is 5.92 Å². The lowest BCUT2D eigenvalue weighted by molar-refractivity contribution is -0.171. The molecular formula is C16H17BrF3NO2. The van der Waals surface area contributed by atoms with Crippen LogP contribution < -0.4 is 4.74 Å². The van der Waals surface area contributed by atoms with Gasteiger partial charge in [-0.3, -0.25) is 4.79 Å². The van der Waals surface area contributed by atoms with E-state index in [4.69, 9.17) is 4.74 Å². The van der Waals surface area contributed by atoms with Gasteiger partial charge in [-0.05, 0) is 47.8 Å². The van der Waals surface area contributed by atoms with E-state index in [1.165, 1.54) is 13.8 Å². The minimum atomic E-state index is -4.17. The molecule has 23 heavy (non-hydrogen) atoms. The number of ketones is 1. The maximum Gasteiger partial charge on any atom is 0.391 e. The number of Topliss-reactive ketones (excluding diaryl/α,β-unsaturated/α-hetero) is 1. The van der Waals surface area contributed by atoms with Crippen LogP contribution in [0.2, 0.25) is 0 Å². The second-order valence-electron chi connectivity index (χ2n) is 5.52. The molecule has 1 heterocycles. The average molecular weight is 392 g/mol. The zero-order valence-corrected chi connectivity index (χ0v) is 14.3. The number of aromatic amines is 1. The average Bonchev–Trinajstić information content (AvgIpc) is 2.84. The van der Waals surface area contributed by atoms with Crippen molar-refractivity contribution in [2.45, 2.75) is 32.9 Å². The molecule has 1 atom stereocenters. The summed E-state index contributed by atoms with van der Waals surface area (Å²) in [6.45, 7) is 2.83. The Bertz CT molecular complexity index is 709. The SMILES string of the molecule is CC(=O)c1c[nH]c2cc(Br)c(OCCCC(C)C(F)(F)F)cc12. The Morgan fingerprint density at radius 1 is 1.39 bits per heavy atom. The Morgan fingerprint density at radius 3 is 2.70 bits per heavy atom. The smallest absolute Gasteiger partial charge is 0.391 e. The highest BCUT2D eigenvalue weighted by Crippen LogP contribution is 2.33. The van der Waals surface area contributed by atoms with E-state index in [1.54, 1.807) is 18.3 Å². The van der Waals surface area contributed by atoms with E-state index >= 15 is 0 Å². The highest BCUT2D eigenvalue weighted by atomic mass is 79.9. The predicted molar refractivity (Wildman–Crippen MR) is 86.0 cm³/mol. The van der Waals surface area contributed by atoms with Crippen molar-refractivity contribution in [1.82, 2.24) is 4.98 Å². The quantitative estimate of drug-likeness (QED) is 0.522. The van der Waals surface area contributed by atoms with Gasteiger partial charge in [-0.2, -0.15) is 13.2 Å². The van der Waals surface area contributed by atoms with Crippen LogP contribution in [0.4, 0.5) is 13.2 Å². The Labute approximate surface area is 140 Å². The summed E-state index contributed by atoms with van der Waals surface area (Å²) in [5.41, 5.74) is 1.35. The molecule has 3 nitrogen and oxygen atoms in total. The molecule has 0 aliphatic rings. The first-order valence-electron chi connectivity index (χ1n) is 7.21. The fourth-order valence-electron chi connectivity index (χ4n) is 2.26. The van der Waals surface area contributed by atoms with E-state index in [-0.39, 0.29) is 18.8 Å². The fraction of sp³-hybridized carbons (Fsp3) is 0.438. The van der Waals surface area contributed by atoms with Gasteiger partial charge >= 0.3 is 6.18 Å². The van der Waals surface area contributed by atoms with Gasteiger partial charge < -0.3 is 9.72 Å². The van der Waals surface area contributed by atoms with Gasteiger partial charge in [0.25, 0.3) is 0 Å². The zero-order valence-electron chi connectivity index (χ0n) is 12.8. The van der Waals surface area contributed by atoms with Crippen LogP contribution in [-0.4, -0.2) is 23.6 Å². The lowest BCUT2D eigenvalue weighted by Gasteiger charge is -2.15. The molecule has 1 N–H and O–H groups in total. The van der Waals surface area contributed by atoms with Crippen LogP contribution in [0.5, 0.6) is 5.75 Å². The lowest BCUT2D eigenvalue weighted by Crippen LogP contribution is -2.20. The van der Waals surface area contributed by atoms with Gasteiger partial charge in [-0.15, -0.1) is 0 Å². The van der Waals surface area contributed by atoms with Crippen LogP contribution in [0.3, 0.4) is 0 Å². The molecule has 0 amide bonds.